The van der Waals surface area contributed by atoms with Gasteiger partial charge in [0.15, 0.2) is 5.69 Å². The van der Waals surface area contributed by atoms with Crippen molar-refractivity contribution in [2.75, 3.05) is 6.54 Å². The smallest absolute Gasteiger partial charge is 0.336 e. The van der Waals surface area contributed by atoms with Gasteiger partial charge in [0, 0.05) is 23.7 Å². The van der Waals surface area contributed by atoms with Gasteiger partial charge in [-0.25, -0.2) is 4.79 Å². The van der Waals surface area contributed by atoms with Crippen LogP contribution < -0.4 is 10.6 Å². The number of carbonyl (C=O) groups is 1. The Morgan fingerprint density at radius 1 is 1.36 bits per heavy atom. The minimum absolute atomic E-state index is 0.159. The third-order valence-electron chi connectivity index (χ3n) is 3.19. The van der Waals surface area contributed by atoms with Crippen molar-refractivity contribution in [3.63, 3.8) is 0 Å². The largest absolute Gasteiger partial charge is 0.435 e. The van der Waals surface area contributed by atoms with E-state index in [1.54, 1.807) is 0 Å². The van der Waals surface area contributed by atoms with Gasteiger partial charge < -0.3 is 10.6 Å². The van der Waals surface area contributed by atoms with Crippen LogP contribution in [0.2, 0.25) is 0 Å². The summed E-state index contributed by atoms with van der Waals surface area (Å²) in [5.74, 6) is 0.159. The normalized spacial score (nSPS) is 15.7. The third kappa shape index (κ3) is 4.64. The molecule has 2 rings (SSSR count). The van der Waals surface area contributed by atoms with Gasteiger partial charge in [0.1, 0.15) is 0 Å². The molecule has 1 aromatic rings. The van der Waals surface area contributed by atoms with E-state index in [4.69, 9.17) is 0 Å². The lowest BCUT2D eigenvalue weighted by molar-refractivity contribution is -0.141. The quantitative estimate of drug-likeness (QED) is 0.897. The molecule has 0 saturated heterocycles. The molecule has 1 aliphatic carbocycles. The number of hydrogen-bond donors (Lipinski definition) is 2. The monoisotopic (exact) mass is 318 g/mol. The standard InChI is InChI=1S/C14H21F3N4O/c1-13(2,3)19-12(22)18-6-7-21-10(9-4-5-9)8-11(20-21)14(15,16)17/h8-9H,4-7H2,1-3H3,(H2,18,19,22). The van der Waals surface area contributed by atoms with Crippen LogP contribution in [0.5, 0.6) is 0 Å². The second kappa shape index (κ2) is 5.81. The number of halogens is 3. The van der Waals surface area contributed by atoms with Crippen molar-refractivity contribution in [3.05, 3.63) is 17.5 Å². The summed E-state index contributed by atoms with van der Waals surface area (Å²) in [5.41, 5.74) is -0.628. The first kappa shape index (κ1) is 16.6. The summed E-state index contributed by atoms with van der Waals surface area (Å²) < 4.78 is 39.6. The average Bonchev–Trinajstić information content (AvgIpc) is 3.06. The number of aromatic nitrogens is 2. The zero-order valence-electron chi connectivity index (χ0n) is 12.9. The Morgan fingerprint density at radius 3 is 2.50 bits per heavy atom. The molecule has 2 amide bonds. The Kier molecular flexibility index (Phi) is 4.39. The molecule has 0 unspecified atom stereocenters. The Morgan fingerprint density at radius 2 is 2.00 bits per heavy atom. The van der Waals surface area contributed by atoms with Gasteiger partial charge in [-0.15, -0.1) is 0 Å². The Hall–Kier alpha value is -1.73. The maximum Gasteiger partial charge on any atom is 0.435 e. The maximum atomic E-state index is 12.7. The fraction of sp³-hybridized carbons (Fsp3) is 0.714. The second-order valence-corrected chi connectivity index (χ2v) is 6.58. The fourth-order valence-corrected chi connectivity index (χ4v) is 2.12. The van der Waals surface area contributed by atoms with E-state index in [0.717, 1.165) is 18.9 Å². The van der Waals surface area contributed by atoms with E-state index in [9.17, 15) is 18.0 Å². The summed E-state index contributed by atoms with van der Waals surface area (Å²) in [5, 5.41) is 8.99. The molecule has 0 aromatic carbocycles. The van der Waals surface area contributed by atoms with E-state index in [0.29, 0.717) is 5.69 Å². The van der Waals surface area contributed by atoms with Crippen molar-refractivity contribution < 1.29 is 18.0 Å². The molecule has 1 fully saturated rings. The molecule has 0 radical (unpaired) electrons. The fourth-order valence-electron chi connectivity index (χ4n) is 2.12. The Bertz CT molecular complexity index is 541. The van der Waals surface area contributed by atoms with E-state index in [1.165, 1.54) is 4.68 Å². The van der Waals surface area contributed by atoms with Crippen LogP contribution in [0, 0.1) is 0 Å². The highest BCUT2D eigenvalue weighted by Crippen LogP contribution is 2.41. The molecule has 8 heteroatoms. The first-order valence-electron chi connectivity index (χ1n) is 7.27. The van der Waals surface area contributed by atoms with E-state index in [-0.39, 0.29) is 30.6 Å². The van der Waals surface area contributed by atoms with Crippen LogP contribution in [0.25, 0.3) is 0 Å². The highest BCUT2D eigenvalue weighted by molar-refractivity contribution is 5.74. The van der Waals surface area contributed by atoms with Crippen LogP contribution in [-0.4, -0.2) is 27.9 Å². The summed E-state index contributed by atoms with van der Waals surface area (Å²) in [7, 11) is 0. The lowest BCUT2D eigenvalue weighted by Crippen LogP contribution is -2.47. The number of rotatable bonds is 4. The van der Waals surface area contributed by atoms with Crippen molar-refractivity contribution in [2.24, 2.45) is 0 Å². The number of alkyl halides is 3. The van der Waals surface area contributed by atoms with Gasteiger partial charge in [-0.3, -0.25) is 4.68 Å². The SMILES string of the molecule is CC(C)(C)NC(=O)NCCn1nc(C(F)(F)F)cc1C1CC1. The van der Waals surface area contributed by atoms with Gasteiger partial charge in [0.05, 0.1) is 6.54 Å². The summed E-state index contributed by atoms with van der Waals surface area (Å²) in [6.45, 7) is 5.99. The van der Waals surface area contributed by atoms with Crippen LogP contribution in [0.15, 0.2) is 6.07 Å². The molecular formula is C14H21F3N4O. The number of nitrogens with zero attached hydrogens (tertiary/aromatic N) is 2. The van der Waals surface area contributed by atoms with Crippen molar-refractivity contribution in [3.8, 4) is 0 Å². The van der Waals surface area contributed by atoms with Gasteiger partial charge in [0.25, 0.3) is 0 Å². The molecule has 1 aromatic heterocycles. The van der Waals surface area contributed by atoms with Crippen LogP contribution in [-0.2, 0) is 12.7 Å². The topological polar surface area (TPSA) is 59.0 Å². The molecule has 0 spiro atoms. The number of hydrogen-bond acceptors (Lipinski definition) is 2. The number of nitrogens with one attached hydrogen (secondary N) is 2. The lowest BCUT2D eigenvalue weighted by atomic mass is 10.1. The van der Waals surface area contributed by atoms with Crippen molar-refractivity contribution in [2.45, 2.75) is 57.8 Å². The molecule has 2 N–H and O–H groups in total. The van der Waals surface area contributed by atoms with Crippen LogP contribution in [0.3, 0.4) is 0 Å². The van der Waals surface area contributed by atoms with E-state index < -0.39 is 11.9 Å². The van der Waals surface area contributed by atoms with Gasteiger partial charge >= 0.3 is 12.2 Å². The van der Waals surface area contributed by atoms with E-state index >= 15 is 0 Å². The minimum Gasteiger partial charge on any atom is -0.336 e. The highest BCUT2D eigenvalue weighted by atomic mass is 19.4. The predicted molar refractivity (Wildman–Crippen MR) is 75.5 cm³/mol. The third-order valence-corrected chi connectivity index (χ3v) is 3.19. The van der Waals surface area contributed by atoms with Gasteiger partial charge in [-0.1, -0.05) is 0 Å². The Labute approximate surface area is 127 Å². The first-order chi connectivity index (χ1) is 10.1. The molecule has 22 heavy (non-hydrogen) atoms. The summed E-state index contributed by atoms with van der Waals surface area (Å²) in [4.78, 5) is 11.6. The second-order valence-electron chi connectivity index (χ2n) is 6.58. The molecule has 124 valence electrons. The van der Waals surface area contributed by atoms with Gasteiger partial charge in [-0.05, 0) is 39.7 Å². The van der Waals surface area contributed by atoms with Crippen molar-refractivity contribution in [1.29, 1.82) is 0 Å². The van der Waals surface area contributed by atoms with Gasteiger partial charge in [-0.2, -0.15) is 18.3 Å². The zero-order chi connectivity index (χ0) is 16.5. The molecule has 0 bridgehead atoms. The maximum absolute atomic E-state index is 12.7. The summed E-state index contributed by atoms with van der Waals surface area (Å²) in [6, 6.07) is 0.774. The summed E-state index contributed by atoms with van der Waals surface area (Å²) in [6.07, 6.45) is -2.66. The van der Waals surface area contributed by atoms with Crippen LogP contribution >= 0.6 is 0 Å². The zero-order valence-corrected chi connectivity index (χ0v) is 12.9. The molecule has 0 aliphatic heterocycles. The minimum atomic E-state index is -4.44. The number of carbonyl (C=O) groups excluding carboxylic acids is 1. The van der Waals surface area contributed by atoms with Gasteiger partial charge in [0.2, 0.25) is 0 Å². The van der Waals surface area contributed by atoms with E-state index in [2.05, 4.69) is 15.7 Å². The number of urea groups is 1. The predicted octanol–water partition coefficient (Wildman–Crippen LogP) is 2.88. The molecule has 0 atom stereocenters. The van der Waals surface area contributed by atoms with Crippen LogP contribution in [0.1, 0.15) is 50.9 Å². The summed E-state index contributed by atoms with van der Waals surface area (Å²) >= 11 is 0. The number of amides is 2. The molecule has 5 nitrogen and oxygen atoms in total. The molecule has 1 heterocycles. The lowest BCUT2D eigenvalue weighted by Gasteiger charge is -2.20. The average molecular weight is 318 g/mol. The molecule has 1 aliphatic rings. The van der Waals surface area contributed by atoms with Crippen molar-refractivity contribution >= 4 is 6.03 Å². The van der Waals surface area contributed by atoms with Crippen LogP contribution in [0.4, 0.5) is 18.0 Å². The van der Waals surface area contributed by atoms with Crippen molar-refractivity contribution in [1.82, 2.24) is 20.4 Å². The highest BCUT2D eigenvalue weighted by Gasteiger charge is 2.37. The first-order valence-corrected chi connectivity index (χ1v) is 7.27. The molecular weight excluding hydrogens is 297 g/mol. The van der Waals surface area contributed by atoms with E-state index in [1.807, 2.05) is 20.8 Å². The Balaban J connectivity index is 1.95. The molecule has 1 saturated carbocycles.